The Morgan fingerprint density at radius 2 is 1.10 bits per heavy atom. The molecule has 0 heterocycles. The number of nitriles is 2. The van der Waals surface area contributed by atoms with Crippen molar-refractivity contribution in [2.75, 3.05) is 0 Å². The van der Waals surface area contributed by atoms with Crippen molar-refractivity contribution in [1.82, 2.24) is 0 Å². The van der Waals surface area contributed by atoms with Gasteiger partial charge in [-0.3, -0.25) is 0 Å². The van der Waals surface area contributed by atoms with Gasteiger partial charge in [0, 0.05) is 0 Å². The molecular weight excluding hydrogens is 256 g/mol. The molecule has 0 bridgehead atoms. The molecule has 0 aromatic carbocycles. The van der Waals surface area contributed by atoms with E-state index in [2.05, 4.69) is 26.0 Å². The number of hydrogen-bond donors (Lipinski definition) is 0. The number of nitrogens with zero attached hydrogens (tertiary/aromatic N) is 2. The lowest BCUT2D eigenvalue weighted by atomic mass is 9.87. The summed E-state index contributed by atoms with van der Waals surface area (Å²) in [6.45, 7) is 4.48. The summed E-state index contributed by atoms with van der Waals surface area (Å²) >= 11 is 0. The van der Waals surface area contributed by atoms with Crippen molar-refractivity contribution >= 4 is 0 Å². The van der Waals surface area contributed by atoms with Gasteiger partial charge in [-0.15, -0.1) is 0 Å². The molecule has 120 valence electrons. The summed E-state index contributed by atoms with van der Waals surface area (Å²) in [4.78, 5) is 0. The Kier molecular flexibility index (Phi) is 14.6. The van der Waals surface area contributed by atoms with Crippen molar-refractivity contribution in [3.05, 3.63) is 0 Å². The van der Waals surface area contributed by atoms with Crippen molar-refractivity contribution in [2.45, 2.75) is 97.3 Å². The van der Waals surface area contributed by atoms with Crippen LogP contribution < -0.4 is 0 Å². The Hall–Kier alpha value is -1.02. The highest BCUT2D eigenvalue weighted by Gasteiger charge is 2.15. The smallest absolute Gasteiger partial charge is 0.133 e. The molecule has 0 saturated heterocycles. The molecule has 1 atom stereocenters. The summed E-state index contributed by atoms with van der Waals surface area (Å²) in [6.07, 6.45) is 16.3. The topological polar surface area (TPSA) is 47.6 Å². The van der Waals surface area contributed by atoms with E-state index >= 15 is 0 Å². The van der Waals surface area contributed by atoms with Crippen LogP contribution in [-0.4, -0.2) is 0 Å². The Balaban J connectivity index is 3.95. The number of unbranched alkanes of at least 4 members (excludes halogenated alkanes) is 8. The van der Waals surface area contributed by atoms with Crippen molar-refractivity contribution in [3.8, 4) is 12.1 Å². The molecule has 0 aromatic rings. The fourth-order valence-electron chi connectivity index (χ4n) is 2.92. The molecule has 0 saturated carbocycles. The Morgan fingerprint density at radius 1 is 0.667 bits per heavy atom. The first kappa shape index (κ1) is 20.0. The zero-order valence-electron chi connectivity index (χ0n) is 14.2. The monoisotopic (exact) mass is 290 g/mol. The van der Waals surface area contributed by atoms with Crippen LogP contribution in [0.25, 0.3) is 0 Å². The minimum Gasteiger partial charge on any atom is -0.197 e. The molecule has 0 rings (SSSR count). The molecule has 0 aliphatic rings. The van der Waals surface area contributed by atoms with Crippen molar-refractivity contribution in [2.24, 2.45) is 11.8 Å². The first-order valence-corrected chi connectivity index (χ1v) is 9.07. The molecule has 0 spiro atoms. The quantitative estimate of drug-likeness (QED) is 0.348. The lowest BCUT2D eigenvalue weighted by Crippen LogP contribution is -2.07. The van der Waals surface area contributed by atoms with Crippen molar-refractivity contribution in [1.29, 1.82) is 10.5 Å². The van der Waals surface area contributed by atoms with Crippen LogP contribution in [0.15, 0.2) is 0 Å². The van der Waals surface area contributed by atoms with E-state index in [-0.39, 0.29) is 0 Å². The highest BCUT2D eigenvalue weighted by atomic mass is 14.3. The second kappa shape index (κ2) is 15.4. The van der Waals surface area contributed by atoms with Crippen molar-refractivity contribution < 1.29 is 0 Å². The van der Waals surface area contributed by atoms with Crippen LogP contribution in [-0.2, 0) is 0 Å². The predicted octanol–water partition coefficient (Wildman–Crippen LogP) is 6.38. The molecule has 0 aliphatic carbocycles. The zero-order valence-corrected chi connectivity index (χ0v) is 14.2. The highest BCUT2D eigenvalue weighted by molar-refractivity contribution is 4.99. The molecule has 0 aliphatic heterocycles. The lowest BCUT2D eigenvalue weighted by Gasteiger charge is -2.17. The Labute approximate surface area is 132 Å². The molecule has 0 radical (unpaired) electrons. The first-order valence-electron chi connectivity index (χ1n) is 9.07. The standard InChI is InChI=1S/C19H34N2/c1-3-5-7-9-10-12-14-18(13-11-8-6-4-2)15-19(16-20)17-21/h18-19H,3-15H2,1-2H3. The third kappa shape index (κ3) is 12.4. The Bertz CT molecular complexity index is 284. The van der Waals surface area contributed by atoms with Crippen LogP contribution in [0.1, 0.15) is 97.3 Å². The van der Waals surface area contributed by atoms with E-state index < -0.39 is 5.92 Å². The molecule has 2 heteroatoms. The number of hydrogen-bond acceptors (Lipinski definition) is 2. The van der Waals surface area contributed by atoms with Crippen LogP contribution in [0.5, 0.6) is 0 Å². The van der Waals surface area contributed by atoms with Crippen molar-refractivity contribution in [3.63, 3.8) is 0 Å². The fraction of sp³-hybridized carbons (Fsp3) is 0.895. The third-order valence-corrected chi connectivity index (χ3v) is 4.31. The molecular formula is C19H34N2. The lowest BCUT2D eigenvalue weighted by molar-refractivity contribution is 0.367. The summed E-state index contributed by atoms with van der Waals surface area (Å²) < 4.78 is 0. The van der Waals surface area contributed by atoms with Gasteiger partial charge in [0.1, 0.15) is 5.92 Å². The summed E-state index contributed by atoms with van der Waals surface area (Å²) in [6, 6.07) is 4.28. The van der Waals surface area contributed by atoms with Gasteiger partial charge in [-0.05, 0) is 12.3 Å². The van der Waals surface area contributed by atoms with Gasteiger partial charge in [-0.2, -0.15) is 10.5 Å². The molecule has 21 heavy (non-hydrogen) atoms. The van der Waals surface area contributed by atoms with E-state index in [4.69, 9.17) is 10.5 Å². The first-order chi connectivity index (χ1) is 10.3. The van der Waals surface area contributed by atoms with Gasteiger partial charge < -0.3 is 0 Å². The van der Waals surface area contributed by atoms with Gasteiger partial charge in [-0.25, -0.2) is 0 Å². The maximum absolute atomic E-state index is 8.98. The van der Waals surface area contributed by atoms with Crippen LogP contribution in [0.2, 0.25) is 0 Å². The second-order valence-electron chi connectivity index (χ2n) is 6.32. The van der Waals surface area contributed by atoms with E-state index in [1.54, 1.807) is 0 Å². The van der Waals surface area contributed by atoms with Crippen LogP contribution in [0.3, 0.4) is 0 Å². The fourth-order valence-corrected chi connectivity index (χ4v) is 2.92. The minimum absolute atomic E-state index is 0.402. The van der Waals surface area contributed by atoms with Crippen LogP contribution in [0.4, 0.5) is 0 Å². The van der Waals surface area contributed by atoms with E-state index in [0.29, 0.717) is 5.92 Å². The summed E-state index contributed by atoms with van der Waals surface area (Å²) in [5.41, 5.74) is 0. The normalized spacial score (nSPS) is 12.0. The molecule has 1 unspecified atom stereocenters. The van der Waals surface area contributed by atoms with Crippen LogP contribution in [0, 0.1) is 34.5 Å². The van der Waals surface area contributed by atoms with E-state index in [9.17, 15) is 0 Å². The second-order valence-corrected chi connectivity index (χ2v) is 6.32. The maximum Gasteiger partial charge on any atom is 0.133 e. The number of rotatable bonds is 14. The average molecular weight is 290 g/mol. The van der Waals surface area contributed by atoms with Gasteiger partial charge in [0.15, 0.2) is 0 Å². The molecule has 2 nitrogen and oxygen atoms in total. The van der Waals surface area contributed by atoms with Gasteiger partial charge in [0.05, 0.1) is 12.1 Å². The largest absolute Gasteiger partial charge is 0.197 e. The summed E-state index contributed by atoms with van der Waals surface area (Å²) in [5, 5.41) is 18.0. The molecule has 0 N–H and O–H groups in total. The van der Waals surface area contributed by atoms with E-state index in [1.165, 1.54) is 77.0 Å². The van der Waals surface area contributed by atoms with Crippen LogP contribution >= 0.6 is 0 Å². The zero-order chi connectivity index (χ0) is 15.8. The summed E-state index contributed by atoms with van der Waals surface area (Å²) in [5.74, 6) is 0.179. The predicted molar refractivity (Wildman–Crippen MR) is 89.6 cm³/mol. The van der Waals surface area contributed by atoms with E-state index in [0.717, 1.165) is 6.42 Å². The SMILES string of the molecule is CCCCCCCCC(CCCCCC)CC(C#N)C#N. The Morgan fingerprint density at radius 3 is 1.57 bits per heavy atom. The molecule has 0 fully saturated rings. The van der Waals surface area contributed by atoms with Gasteiger partial charge >= 0.3 is 0 Å². The maximum atomic E-state index is 8.98. The minimum atomic E-state index is -0.402. The van der Waals surface area contributed by atoms with Gasteiger partial charge in [-0.1, -0.05) is 90.9 Å². The third-order valence-electron chi connectivity index (χ3n) is 4.31. The summed E-state index contributed by atoms with van der Waals surface area (Å²) in [7, 11) is 0. The molecule has 0 aromatic heterocycles. The van der Waals surface area contributed by atoms with E-state index in [1.807, 2.05) is 0 Å². The molecule has 0 amide bonds. The average Bonchev–Trinajstić information content (AvgIpc) is 2.51. The van der Waals surface area contributed by atoms with Gasteiger partial charge in [0.25, 0.3) is 0 Å². The highest BCUT2D eigenvalue weighted by Crippen LogP contribution is 2.25. The van der Waals surface area contributed by atoms with Gasteiger partial charge in [0.2, 0.25) is 0 Å².